The zero-order valence-corrected chi connectivity index (χ0v) is 28.0. The fourth-order valence-corrected chi connectivity index (χ4v) is 8.41. The molecule has 3 heterocycles. The molecule has 272 valence electrons. The summed E-state index contributed by atoms with van der Waals surface area (Å²) >= 11 is 6.17. The Bertz CT molecular complexity index is 969. The standard InChI is InChI=1S/C32H56ClF2N5O7/c33-21-13-37-31(38-14-21)39-4-2-32(3-5-39)10-19(11-32)1-6-47-22-7-24(34)23(25(35)8-22)9-28(44)40-16-20(17-40)12-36-15-26(42)29(45)30(46)27(43)18-41/h19-27,29-31,36-38,41-43,45-46H,1-18H2/t21?,22?,23?,24?,25?,26-,27+,29+,30+,31?/m0/s1. The summed E-state index contributed by atoms with van der Waals surface area (Å²) in [6.07, 6.45) is -3.62. The van der Waals surface area contributed by atoms with E-state index in [1.165, 1.54) is 25.7 Å². The van der Waals surface area contributed by atoms with E-state index in [4.69, 9.17) is 21.4 Å². The summed E-state index contributed by atoms with van der Waals surface area (Å²) < 4.78 is 36.1. The van der Waals surface area contributed by atoms with Crippen molar-refractivity contribution in [1.29, 1.82) is 0 Å². The topological polar surface area (TPSA) is 170 Å². The number of piperidine rings is 1. The Labute approximate surface area is 281 Å². The fraction of sp³-hybridized carbons (Fsp3) is 0.969. The molecule has 0 aromatic heterocycles. The van der Waals surface area contributed by atoms with Crippen LogP contribution in [-0.2, 0) is 9.53 Å². The van der Waals surface area contributed by atoms with E-state index in [1.54, 1.807) is 4.90 Å². The molecule has 1 amide bonds. The van der Waals surface area contributed by atoms with Gasteiger partial charge in [-0.05, 0) is 43.4 Å². The van der Waals surface area contributed by atoms with Gasteiger partial charge in [0, 0.05) is 90.1 Å². The lowest BCUT2D eigenvalue weighted by atomic mass is 9.57. The van der Waals surface area contributed by atoms with E-state index >= 15 is 8.78 Å². The molecular formula is C32H56ClF2N5O7. The van der Waals surface area contributed by atoms with E-state index in [-0.39, 0.29) is 49.3 Å². The molecule has 5 rings (SSSR count). The van der Waals surface area contributed by atoms with Crippen LogP contribution in [0.5, 0.6) is 0 Å². The number of amides is 1. The van der Waals surface area contributed by atoms with Crippen LogP contribution in [0.1, 0.15) is 51.4 Å². The maximum absolute atomic E-state index is 15.1. The van der Waals surface area contributed by atoms with Gasteiger partial charge in [-0.25, -0.2) is 8.78 Å². The van der Waals surface area contributed by atoms with Crippen molar-refractivity contribution in [2.75, 3.05) is 65.6 Å². The van der Waals surface area contributed by atoms with Crippen LogP contribution in [0.15, 0.2) is 0 Å². The SMILES string of the molecule is O=C(CC1C(F)CC(OCCC2CC3(CCN(C4NCC(Cl)CN4)CC3)C2)CC1F)N1CC(CNC[C@H](O)[C@@H](O)[C@H](O)[C@H](O)CO)C1. The molecule has 6 atom stereocenters. The summed E-state index contributed by atoms with van der Waals surface area (Å²) in [5.41, 5.74) is 0.430. The minimum Gasteiger partial charge on any atom is -0.394 e. The Balaban J connectivity index is 0.909. The molecule has 2 saturated carbocycles. The van der Waals surface area contributed by atoms with Crippen LogP contribution in [0, 0.1) is 23.2 Å². The molecular weight excluding hydrogens is 640 g/mol. The number of aliphatic hydroxyl groups is 5. The van der Waals surface area contributed by atoms with Gasteiger partial charge in [-0.2, -0.15) is 0 Å². The average Bonchev–Trinajstić information content (AvgIpc) is 3.02. The van der Waals surface area contributed by atoms with Gasteiger partial charge in [0.05, 0.1) is 24.2 Å². The van der Waals surface area contributed by atoms with Crippen molar-refractivity contribution in [3.05, 3.63) is 0 Å². The first kappa shape index (κ1) is 37.5. The van der Waals surface area contributed by atoms with Gasteiger partial charge in [0.15, 0.2) is 0 Å². The minimum atomic E-state index is -1.69. The van der Waals surface area contributed by atoms with Crippen molar-refractivity contribution in [3.63, 3.8) is 0 Å². The maximum atomic E-state index is 15.1. The van der Waals surface area contributed by atoms with Crippen molar-refractivity contribution >= 4 is 17.5 Å². The van der Waals surface area contributed by atoms with Crippen LogP contribution in [0.3, 0.4) is 0 Å². The van der Waals surface area contributed by atoms with Crippen molar-refractivity contribution in [2.24, 2.45) is 23.2 Å². The van der Waals surface area contributed by atoms with Crippen LogP contribution >= 0.6 is 11.6 Å². The third kappa shape index (κ3) is 9.72. The quantitative estimate of drug-likeness (QED) is 0.102. The van der Waals surface area contributed by atoms with Crippen molar-refractivity contribution < 1.29 is 43.8 Å². The van der Waals surface area contributed by atoms with Gasteiger partial charge < -0.3 is 40.5 Å². The Morgan fingerprint density at radius 1 is 0.979 bits per heavy atom. The lowest BCUT2D eigenvalue weighted by Gasteiger charge is -2.54. The largest absolute Gasteiger partial charge is 0.394 e. The highest BCUT2D eigenvalue weighted by Gasteiger charge is 2.47. The van der Waals surface area contributed by atoms with Gasteiger partial charge in [-0.3, -0.25) is 20.3 Å². The predicted molar refractivity (Wildman–Crippen MR) is 171 cm³/mol. The number of likely N-dealkylation sites (tertiary alicyclic amines) is 2. The van der Waals surface area contributed by atoms with Gasteiger partial charge in [0.1, 0.15) is 36.9 Å². The second-order valence-corrected chi connectivity index (χ2v) is 15.5. The Morgan fingerprint density at radius 3 is 2.21 bits per heavy atom. The van der Waals surface area contributed by atoms with E-state index in [0.717, 1.165) is 32.6 Å². The second kappa shape index (κ2) is 17.0. The molecule has 15 heteroatoms. The number of rotatable bonds is 15. The molecule has 2 aliphatic carbocycles. The van der Waals surface area contributed by atoms with Gasteiger partial charge >= 0.3 is 0 Å². The number of carbonyl (C=O) groups is 1. The zero-order valence-electron chi connectivity index (χ0n) is 27.2. The smallest absolute Gasteiger partial charge is 0.223 e. The molecule has 47 heavy (non-hydrogen) atoms. The van der Waals surface area contributed by atoms with Crippen molar-refractivity contribution in [1.82, 2.24) is 25.8 Å². The molecule has 5 fully saturated rings. The van der Waals surface area contributed by atoms with Crippen molar-refractivity contribution in [3.8, 4) is 0 Å². The number of aliphatic hydroxyl groups excluding tert-OH is 5. The van der Waals surface area contributed by atoms with Crippen LogP contribution in [0.2, 0.25) is 0 Å². The van der Waals surface area contributed by atoms with Gasteiger partial charge in [0.25, 0.3) is 0 Å². The Hall–Kier alpha value is -0.780. The molecule has 0 radical (unpaired) electrons. The first-order chi connectivity index (χ1) is 22.5. The number of nitrogens with one attached hydrogen (secondary N) is 3. The number of carbonyl (C=O) groups excluding carboxylic acids is 1. The molecule has 12 nitrogen and oxygen atoms in total. The maximum Gasteiger partial charge on any atom is 0.223 e. The number of halogens is 3. The highest BCUT2D eigenvalue weighted by Crippen LogP contribution is 2.53. The third-order valence-electron chi connectivity index (χ3n) is 11.3. The summed E-state index contributed by atoms with van der Waals surface area (Å²) in [7, 11) is 0. The number of hydrogen-bond donors (Lipinski definition) is 8. The number of hydrogen-bond acceptors (Lipinski definition) is 11. The van der Waals surface area contributed by atoms with Gasteiger partial charge in [-0.1, -0.05) is 0 Å². The van der Waals surface area contributed by atoms with E-state index in [1.807, 2.05) is 0 Å². The first-order valence-corrected chi connectivity index (χ1v) is 18.0. The summed E-state index contributed by atoms with van der Waals surface area (Å²) in [5, 5.41) is 57.9. The Kier molecular flexibility index (Phi) is 13.5. The molecule has 0 bridgehead atoms. The molecule has 0 aromatic carbocycles. The molecule has 8 N–H and O–H groups in total. The lowest BCUT2D eigenvalue weighted by molar-refractivity contribution is -0.141. The molecule has 3 aliphatic heterocycles. The fourth-order valence-electron chi connectivity index (χ4n) is 8.24. The van der Waals surface area contributed by atoms with E-state index in [2.05, 4.69) is 20.9 Å². The summed E-state index contributed by atoms with van der Waals surface area (Å²) in [6.45, 7) is 4.77. The number of nitrogens with zero attached hydrogens (tertiary/aromatic N) is 2. The van der Waals surface area contributed by atoms with E-state index in [9.17, 15) is 25.2 Å². The summed E-state index contributed by atoms with van der Waals surface area (Å²) in [4.78, 5) is 16.8. The number of alkyl halides is 3. The molecule has 0 aromatic rings. The van der Waals surface area contributed by atoms with Crippen molar-refractivity contribution in [2.45, 2.75) is 106 Å². The monoisotopic (exact) mass is 695 g/mol. The molecule has 3 saturated heterocycles. The first-order valence-electron chi connectivity index (χ1n) is 17.5. The Morgan fingerprint density at radius 2 is 1.60 bits per heavy atom. The van der Waals surface area contributed by atoms with Crippen LogP contribution in [0.4, 0.5) is 8.78 Å². The van der Waals surface area contributed by atoms with Crippen LogP contribution < -0.4 is 16.0 Å². The molecule has 1 spiro atoms. The average molecular weight is 696 g/mol. The van der Waals surface area contributed by atoms with Crippen LogP contribution in [-0.4, -0.2) is 161 Å². The van der Waals surface area contributed by atoms with Crippen LogP contribution in [0.25, 0.3) is 0 Å². The normalized spacial score (nSPS) is 34.8. The third-order valence-corrected chi connectivity index (χ3v) is 11.7. The van der Waals surface area contributed by atoms with Gasteiger partial charge in [-0.15, -0.1) is 11.6 Å². The minimum absolute atomic E-state index is 0.0631. The van der Waals surface area contributed by atoms with E-state index < -0.39 is 55.4 Å². The molecule has 5 aliphatic rings. The highest BCUT2D eigenvalue weighted by molar-refractivity contribution is 6.21. The summed E-state index contributed by atoms with van der Waals surface area (Å²) in [6, 6.07) is 0. The summed E-state index contributed by atoms with van der Waals surface area (Å²) in [5.74, 6) is -0.555. The second-order valence-electron chi connectivity index (χ2n) is 14.9. The highest BCUT2D eigenvalue weighted by atomic mass is 35.5. The lowest BCUT2D eigenvalue weighted by Crippen LogP contribution is -2.64. The zero-order chi connectivity index (χ0) is 33.7. The molecule has 2 unspecified atom stereocenters. The van der Waals surface area contributed by atoms with Gasteiger partial charge in [0.2, 0.25) is 5.91 Å². The number of ether oxygens (including phenoxy) is 1. The van der Waals surface area contributed by atoms with E-state index in [0.29, 0.717) is 37.6 Å². The predicted octanol–water partition coefficient (Wildman–Crippen LogP) is -0.702.